The molecule has 1 atom stereocenters. The van der Waals surface area contributed by atoms with E-state index in [2.05, 4.69) is 13.8 Å². The van der Waals surface area contributed by atoms with Crippen LogP contribution in [0.4, 0.5) is 0 Å². The van der Waals surface area contributed by atoms with Crippen molar-refractivity contribution >= 4 is 5.97 Å². The number of esters is 1. The van der Waals surface area contributed by atoms with E-state index in [0.717, 1.165) is 12.8 Å². The fraction of sp³-hybridized carbons (Fsp3) is 0.933. The van der Waals surface area contributed by atoms with Crippen molar-refractivity contribution in [2.75, 3.05) is 20.3 Å². The maximum absolute atomic E-state index is 12.3. The molecule has 0 aromatic rings. The third-order valence-corrected chi connectivity index (χ3v) is 3.66. The molecule has 0 heterocycles. The van der Waals surface area contributed by atoms with Gasteiger partial charge in [0.2, 0.25) is 0 Å². The second kappa shape index (κ2) is 7.85. The van der Waals surface area contributed by atoms with Crippen molar-refractivity contribution < 1.29 is 14.3 Å². The highest BCUT2D eigenvalue weighted by Gasteiger charge is 2.40. The van der Waals surface area contributed by atoms with Crippen molar-refractivity contribution in [1.82, 2.24) is 0 Å². The highest BCUT2D eigenvalue weighted by Crippen LogP contribution is 2.35. The molecule has 0 aromatic carbocycles. The molecule has 2 N–H and O–H groups in total. The van der Waals surface area contributed by atoms with Crippen LogP contribution >= 0.6 is 0 Å². The Labute approximate surface area is 118 Å². The predicted molar refractivity (Wildman–Crippen MR) is 77.9 cm³/mol. The minimum atomic E-state index is -0.583. The topological polar surface area (TPSA) is 61.5 Å². The summed E-state index contributed by atoms with van der Waals surface area (Å²) in [6.45, 7) is 10.8. The lowest BCUT2D eigenvalue weighted by Crippen LogP contribution is -2.42. The van der Waals surface area contributed by atoms with E-state index in [1.807, 2.05) is 20.8 Å². The van der Waals surface area contributed by atoms with Crippen LogP contribution in [0.3, 0.4) is 0 Å². The van der Waals surface area contributed by atoms with Gasteiger partial charge in [-0.15, -0.1) is 0 Å². The summed E-state index contributed by atoms with van der Waals surface area (Å²) in [5.74, 6) is 0.233. The van der Waals surface area contributed by atoms with Gasteiger partial charge in [0.05, 0.1) is 17.6 Å². The Hall–Kier alpha value is -0.610. The fourth-order valence-electron chi connectivity index (χ4n) is 2.26. The molecule has 0 rings (SSSR count). The summed E-state index contributed by atoms with van der Waals surface area (Å²) in [5.41, 5.74) is 5.09. The van der Waals surface area contributed by atoms with E-state index in [9.17, 15) is 4.79 Å². The van der Waals surface area contributed by atoms with Crippen molar-refractivity contribution in [2.24, 2.45) is 17.1 Å². The second-order valence-electron chi connectivity index (χ2n) is 6.27. The van der Waals surface area contributed by atoms with Crippen LogP contribution in [0.2, 0.25) is 0 Å². The summed E-state index contributed by atoms with van der Waals surface area (Å²) in [6.07, 6.45) is 2.23. The van der Waals surface area contributed by atoms with Crippen LogP contribution in [-0.4, -0.2) is 31.8 Å². The van der Waals surface area contributed by atoms with Crippen LogP contribution in [0.15, 0.2) is 0 Å². The number of carbonyl (C=O) groups excluding carboxylic acids is 1. The van der Waals surface area contributed by atoms with Gasteiger partial charge >= 0.3 is 5.97 Å². The van der Waals surface area contributed by atoms with Gasteiger partial charge in [-0.2, -0.15) is 0 Å². The summed E-state index contributed by atoms with van der Waals surface area (Å²) >= 11 is 0. The van der Waals surface area contributed by atoms with Crippen molar-refractivity contribution in [3.8, 4) is 0 Å². The first-order valence-corrected chi connectivity index (χ1v) is 7.15. The molecule has 114 valence electrons. The average molecular weight is 273 g/mol. The minimum Gasteiger partial charge on any atom is -0.466 e. The summed E-state index contributed by atoms with van der Waals surface area (Å²) in [4.78, 5) is 12.3. The number of ether oxygens (including phenoxy) is 2. The molecule has 0 fully saturated rings. The number of rotatable bonds is 9. The molecule has 0 aliphatic carbocycles. The maximum Gasteiger partial charge on any atom is 0.313 e. The van der Waals surface area contributed by atoms with Crippen LogP contribution in [0.5, 0.6) is 0 Å². The zero-order valence-electron chi connectivity index (χ0n) is 13.4. The SMILES string of the molecule is CCOC(=O)C(CN)(CCC(C)(C)OC)CC(C)C. The van der Waals surface area contributed by atoms with Gasteiger partial charge in [-0.3, -0.25) is 4.79 Å². The Balaban J connectivity index is 4.97. The van der Waals surface area contributed by atoms with E-state index in [1.54, 1.807) is 7.11 Å². The molecular formula is C15H31NO3. The quantitative estimate of drug-likeness (QED) is 0.656. The smallest absolute Gasteiger partial charge is 0.313 e. The Kier molecular flexibility index (Phi) is 7.60. The molecule has 0 aliphatic rings. The van der Waals surface area contributed by atoms with Crippen LogP contribution in [0.1, 0.15) is 53.9 Å². The molecule has 0 bridgehead atoms. The van der Waals surface area contributed by atoms with Crippen molar-refractivity contribution in [1.29, 1.82) is 0 Å². The first-order valence-electron chi connectivity index (χ1n) is 7.15. The lowest BCUT2D eigenvalue weighted by molar-refractivity contribution is -0.157. The summed E-state index contributed by atoms with van der Waals surface area (Å²) in [5, 5.41) is 0. The van der Waals surface area contributed by atoms with Gasteiger partial charge in [0.1, 0.15) is 0 Å². The Morgan fingerprint density at radius 1 is 1.26 bits per heavy atom. The molecule has 0 aliphatic heterocycles. The van der Waals surface area contributed by atoms with Crippen molar-refractivity contribution in [3.63, 3.8) is 0 Å². The number of hydrogen-bond donors (Lipinski definition) is 1. The Morgan fingerprint density at radius 2 is 1.84 bits per heavy atom. The molecule has 4 nitrogen and oxygen atoms in total. The molecule has 1 unspecified atom stereocenters. The highest BCUT2D eigenvalue weighted by atomic mass is 16.5. The number of hydrogen-bond acceptors (Lipinski definition) is 4. The number of methoxy groups -OCH3 is 1. The first kappa shape index (κ1) is 18.4. The average Bonchev–Trinajstić information content (AvgIpc) is 2.34. The third kappa shape index (κ3) is 5.91. The van der Waals surface area contributed by atoms with Gasteiger partial charge in [-0.05, 0) is 46.0 Å². The first-order chi connectivity index (χ1) is 8.73. The highest BCUT2D eigenvalue weighted by molar-refractivity contribution is 5.77. The summed E-state index contributed by atoms with van der Waals surface area (Å²) in [6, 6.07) is 0. The molecule has 4 heteroatoms. The van der Waals surface area contributed by atoms with Gasteiger partial charge in [-0.25, -0.2) is 0 Å². The summed E-state index contributed by atoms with van der Waals surface area (Å²) in [7, 11) is 1.69. The maximum atomic E-state index is 12.3. The van der Waals surface area contributed by atoms with Crippen molar-refractivity contribution in [3.05, 3.63) is 0 Å². The molecule has 0 radical (unpaired) electrons. The largest absolute Gasteiger partial charge is 0.466 e. The molecule has 0 saturated heterocycles. The minimum absolute atomic E-state index is 0.168. The van der Waals surface area contributed by atoms with Crippen LogP contribution < -0.4 is 5.73 Å². The van der Waals surface area contributed by atoms with E-state index in [0.29, 0.717) is 25.5 Å². The van der Waals surface area contributed by atoms with E-state index in [4.69, 9.17) is 15.2 Å². The lowest BCUT2D eigenvalue weighted by Gasteiger charge is -2.34. The third-order valence-electron chi connectivity index (χ3n) is 3.66. The van der Waals surface area contributed by atoms with Gasteiger partial charge < -0.3 is 15.2 Å². The number of carbonyl (C=O) groups is 1. The molecule has 0 saturated carbocycles. The van der Waals surface area contributed by atoms with E-state index in [-0.39, 0.29) is 11.6 Å². The van der Waals surface area contributed by atoms with Gasteiger partial charge in [0, 0.05) is 13.7 Å². The monoisotopic (exact) mass is 273 g/mol. The molecule has 0 aromatic heterocycles. The fourth-order valence-corrected chi connectivity index (χ4v) is 2.26. The van der Waals surface area contributed by atoms with E-state index in [1.165, 1.54) is 0 Å². The van der Waals surface area contributed by atoms with Gasteiger partial charge in [0.25, 0.3) is 0 Å². The van der Waals surface area contributed by atoms with Crippen LogP contribution in [0, 0.1) is 11.3 Å². The Bertz CT molecular complexity index is 277. The van der Waals surface area contributed by atoms with Gasteiger partial charge in [-0.1, -0.05) is 13.8 Å². The lowest BCUT2D eigenvalue weighted by atomic mass is 9.74. The summed E-state index contributed by atoms with van der Waals surface area (Å²) < 4.78 is 10.7. The predicted octanol–water partition coefficient (Wildman–Crippen LogP) is 2.75. The number of nitrogens with two attached hydrogens (primary N) is 1. The zero-order chi connectivity index (χ0) is 15.1. The molecule has 0 spiro atoms. The van der Waals surface area contributed by atoms with Crippen LogP contribution in [0.25, 0.3) is 0 Å². The Morgan fingerprint density at radius 3 is 2.21 bits per heavy atom. The normalized spacial score (nSPS) is 15.4. The van der Waals surface area contributed by atoms with Crippen LogP contribution in [-0.2, 0) is 14.3 Å². The standard InChI is InChI=1S/C15H31NO3/c1-7-19-13(17)15(11-16,10-12(2)3)9-8-14(4,5)18-6/h12H,7-11,16H2,1-6H3. The molecule has 19 heavy (non-hydrogen) atoms. The molecular weight excluding hydrogens is 242 g/mol. The zero-order valence-corrected chi connectivity index (χ0v) is 13.4. The molecule has 0 amide bonds. The van der Waals surface area contributed by atoms with Crippen molar-refractivity contribution in [2.45, 2.75) is 59.5 Å². The van der Waals surface area contributed by atoms with Gasteiger partial charge in [0.15, 0.2) is 0 Å². The van der Waals surface area contributed by atoms with E-state index >= 15 is 0 Å². The second-order valence-corrected chi connectivity index (χ2v) is 6.27. The van der Waals surface area contributed by atoms with E-state index < -0.39 is 5.41 Å².